The molecule has 0 fully saturated rings. The van der Waals surface area contributed by atoms with Crippen LogP contribution in [0.15, 0.2) is 54.6 Å². The van der Waals surface area contributed by atoms with Gasteiger partial charge in [0.05, 0.1) is 6.54 Å². The molecule has 2 aromatic carbocycles. The van der Waals surface area contributed by atoms with Crippen LogP contribution in [0, 0.1) is 0 Å². The molecule has 0 bridgehead atoms. The maximum atomic E-state index is 10.5. The first-order chi connectivity index (χ1) is 9.58. The molecule has 0 radical (unpaired) electrons. The number of quaternary nitrogens is 1. The highest BCUT2D eigenvalue weighted by Crippen LogP contribution is 2.20. The molecule has 2 aromatic rings. The Hall–Kier alpha value is -1.35. The third-order valence-electron chi connectivity index (χ3n) is 3.49. The van der Waals surface area contributed by atoms with Crippen LogP contribution in [0.2, 0.25) is 5.02 Å². The zero-order valence-corrected chi connectivity index (χ0v) is 12.5. The molecule has 20 heavy (non-hydrogen) atoms. The largest absolute Gasteiger partial charge is 0.380 e. The predicted octanol–water partition coefficient (Wildman–Crippen LogP) is 2.35. The van der Waals surface area contributed by atoms with Gasteiger partial charge in [-0.05, 0) is 30.2 Å². The monoisotopic (exact) mass is 290 g/mol. The van der Waals surface area contributed by atoms with Crippen molar-refractivity contribution >= 4 is 11.6 Å². The SMILES string of the molecule is C[C@](O)(C[NH2+]CCc1ccccc1)c1ccc(Cl)cc1. The summed E-state index contributed by atoms with van der Waals surface area (Å²) in [6, 6.07) is 17.8. The van der Waals surface area contributed by atoms with Crippen LogP contribution < -0.4 is 5.32 Å². The standard InChI is InChI=1S/C17H20ClNO/c1-17(20,15-7-9-16(18)10-8-15)13-19-12-11-14-5-3-2-4-6-14/h2-10,19-20H,11-13H2,1H3/p+1/t17-/m0/s1. The van der Waals surface area contributed by atoms with Gasteiger partial charge >= 0.3 is 0 Å². The van der Waals surface area contributed by atoms with Crippen molar-refractivity contribution in [1.82, 2.24) is 0 Å². The van der Waals surface area contributed by atoms with Gasteiger partial charge in [0.15, 0.2) is 0 Å². The van der Waals surface area contributed by atoms with Gasteiger partial charge in [0.2, 0.25) is 0 Å². The van der Waals surface area contributed by atoms with Crippen LogP contribution in [0.4, 0.5) is 0 Å². The van der Waals surface area contributed by atoms with Crippen molar-refractivity contribution in [3.63, 3.8) is 0 Å². The van der Waals surface area contributed by atoms with E-state index in [4.69, 9.17) is 11.6 Å². The van der Waals surface area contributed by atoms with Gasteiger partial charge in [0.25, 0.3) is 0 Å². The summed E-state index contributed by atoms with van der Waals surface area (Å²) in [6.07, 6.45) is 1.01. The van der Waals surface area contributed by atoms with Crippen LogP contribution in [0.1, 0.15) is 18.1 Å². The quantitative estimate of drug-likeness (QED) is 0.788. The molecular weight excluding hydrogens is 270 g/mol. The number of hydrogen-bond acceptors (Lipinski definition) is 1. The van der Waals surface area contributed by atoms with Crippen molar-refractivity contribution in [1.29, 1.82) is 0 Å². The number of nitrogens with two attached hydrogens (primary N) is 1. The highest BCUT2D eigenvalue weighted by molar-refractivity contribution is 6.30. The second-order valence-electron chi connectivity index (χ2n) is 5.30. The molecule has 0 saturated heterocycles. The zero-order chi connectivity index (χ0) is 14.4. The van der Waals surface area contributed by atoms with Crippen molar-refractivity contribution < 1.29 is 10.4 Å². The van der Waals surface area contributed by atoms with Crippen LogP contribution in [-0.2, 0) is 12.0 Å². The Morgan fingerprint density at radius 1 is 1.05 bits per heavy atom. The van der Waals surface area contributed by atoms with Crippen LogP contribution in [0.5, 0.6) is 0 Å². The first-order valence-electron chi connectivity index (χ1n) is 6.92. The molecule has 0 aliphatic heterocycles. The summed E-state index contributed by atoms with van der Waals surface area (Å²) in [4.78, 5) is 0. The van der Waals surface area contributed by atoms with Crippen molar-refractivity contribution in [2.24, 2.45) is 0 Å². The maximum absolute atomic E-state index is 10.5. The maximum Gasteiger partial charge on any atom is 0.135 e. The van der Waals surface area contributed by atoms with Gasteiger partial charge in [-0.15, -0.1) is 0 Å². The molecule has 3 heteroatoms. The van der Waals surface area contributed by atoms with Crippen LogP contribution in [0.25, 0.3) is 0 Å². The summed E-state index contributed by atoms with van der Waals surface area (Å²) >= 11 is 5.87. The minimum atomic E-state index is -0.832. The fraction of sp³-hybridized carbons (Fsp3) is 0.294. The molecule has 0 spiro atoms. The van der Waals surface area contributed by atoms with Crippen LogP contribution >= 0.6 is 11.6 Å². The van der Waals surface area contributed by atoms with E-state index in [2.05, 4.69) is 29.6 Å². The number of hydrogen-bond donors (Lipinski definition) is 2. The molecule has 2 rings (SSSR count). The molecule has 2 nitrogen and oxygen atoms in total. The highest BCUT2D eigenvalue weighted by Gasteiger charge is 2.24. The van der Waals surface area contributed by atoms with Crippen LogP contribution in [-0.4, -0.2) is 18.2 Å². The van der Waals surface area contributed by atoms with Gasteiger partial charge in [-0.25, -0.2) is 0 Å². The second kappa shape index (κ2) is 6.89. The first-order valence-corrected chi connectivity index (χ1v) is 7.30. The first kappa shape index (κ1) is 15.0. The lowest BCUT2D eigenvalue weighted by atomic mass is 9.96. The Bertz CT molecular complexity index is 522. The average Bonchev–Trinajstić information content (AvgIpc) is 2.45. The molecule has 0 heterocycles. The van der Waals surface area contributed by atoms with E-state index in [1.54, 1.807) is 0 Å². The second-order valence-corrected chi connectivity index (χ2v) is 5.73. The zero-order valence-electron chi connectivity index (χ0n) is 11.7. The van der Waals surface area contributed by atoms with Crippen molar-refractivity contribution in [2.75, 3.05) is 13.1 Å². The third-order valence-corrected chi connectivity index (χ3v) is 3.74. The minimum absolute atomic E-state index is 0.640. The minimum Gasteiger partial charge on any atom is -0.380 e. The lowest BCUT2D eigenvalue weighted by molar-refractivity contribution is -0.667. The van der Waals surface area contributed by atoms with Gasteiger partial charge in [-0.2, -0.15) is 0 Å². The Morgan fingerprint density at radius 3 is 2.35 bits per heavy atom. The molecule has 106 valence electrons. The number of benzene rings is 2. The summed E-state index contributed by atoms with van der Waals surface area (Å²) in [5.41, 5.74) is 1.40. The molecule has 1 atom stereocenters. The molecule has 0 unspecified atom stereocenters. The Labute approximate surface area is 125 Å². The predicted molar refractivity (Wildman–Crippen MR) is 82.8 cm³/mol. The summed E-state index contributed by atoms with van der Waals surface area (Å²) in [5.74, 6) is 0. The van der Waals surface area contributed by atoms with Crippen LogP contribution in [0.3, 0.4) is 0 Å². The van der Waals surface area contributed by atoms with E-state index in [0.717, 1.165) is 18.5 Å². The lowest BCUT2D eigenvalue weighted by Gasteiger charge is -2.22. The van der Waals surface area contributed by atoms with Crippen molar-refractivity contribution in [2.45, 2.75) is 18.9 Å². The molecule has 3 N–H and O–H groups in total. The lowest BCUT2D eigenvalue weighted by Crippen LogP contribution is -2.87. The molecule has 0 aliphatic carbocycles. The normalized spacial score (nSPS) is 13.9. The fourth-order valence-electron chi connectivity index (χ4n) is 2.22. The van der Waals surface area contributed by atoms with E-state index in [1.165, 1.54) is 5.56 Å². The number of rotatable bonds is 6. The molecule has 0 amide bonds. The van der Waals surface area contributed by atoms with E-state index < -0.39 is 5.60 Å². The molecule has 0 saturated carbocycles. The topological polar surface area (TPSA) is 36.8 Å². The Balaban J connectivity index is 1.82. The summed E-state index contributed by atoms with van der Waals surface area (Å²) in [7, 11) is 0. The van der Waals surface area contributed by atoms with Crippen molar-refractivity contribution in [3.8, 4) is 0 Å². The third kappa shape index (κ3) is 4.34. The molecular formula is C17H21ClNO+. The Morgan fingerprint density at radius 2 is 1.70 bits per heavy atom. The highest BCUT2D eigenvalue weighted by atomic mass is 35.5. The van der Waals surface area contributed by atoms with E-state index in [0.29, 0.717) is 11.6 Å². The fourth-order valence-corrected chi connectivity index (χ4v) is 2.35. The van der Waals surface area contributed by atoms with Crippen molar-refractivity contribution in [3.05, 3.63) is 70.7 Å². The summed E-state index contributed by atoms with van der Waals surface area (Å²) < 4.78 is 0. The number of halogens is 1. The smallest absolute Gasteiger partial charge is 0.135 e. The van der Waals surface area contributed by atoms with E-state index in [9.17, 15) is 5.11 Å². The molecule has 0 aliphatic rings. The van der Waals surface area contributed by atoms with E-state index in [-0.39, 0.29) is 0 Å². The summed E-state index contributed by atoms with van der Waals surface area (Å²) in [5, 5.41) is 13.3. The van der Waals surface area contributed by atoms with Gasteiger partial charge in [-0.3, -0.25) is 0 Å². The van der Waals surface area contributed by atoms with E-state index in [1.807, 2.05) is 37.3 Å². The molecule has 0 aromatic heterocycles. The number of aliphatic hydroxyl groups is 1. The summed E-state index contributed by atoms with van der Waals surface area (Å²) in [6.45, 7) is 3.45. The van der Waals surface area contributed by atoms with E-state index >= 15 is 0 Å². The van der Waals surface area contributed by atoms with Gasteiger partial charge in [0.1, 0.15) is 12.1 Å². The van der Waals surface area contributed by atoms with Gasteiger partial charge in [0, 0.05) is 11.4 Å². The average molecular weight is 291 g/mol. The van der Waals surface area contributed by atoms with Gasteiger partial charge in [-0.1, -0.05) is 54.1 Å². The Kier molecular flexibility index (Phi) is 5.18. The van der Waals surface area contributed by atoms with Gasteiger partial charge < -0.3 is 10.4 Å².